The van der Waals surface area contributed by atoms with Gasteiger partial charge in [0.05, 0.1) is 0 Å². The van der Waals surface area contributed by atoms with Crippen LogP contribution in [0.15, 0.2) is 24.3 Å². The molecule has 4 nitrogen and oxygen atoms in total. The minimum Gasteiger partial charge on any atom is -0.457 e. The third kappa shape index (κ3) is 3.26. The quantitative estimate of drug-likeness (QED) is 0.596. The fraction of sp³-hybridized carbons (Fsp3) is 0.357. The van der Waals surface area contributed by atoms with Crippen molar-refractivity contribution in [2.24, 2.45) is 0 Å². The van der Waals surface area contributed by atoms with Crippen molar-refractivity contribution in [3.05, 3.63) is 29.8 Å². The molecule has 0 N–H and O–H groups in total. The highest BCUT2D eigenvalue weighted by molar-refractivity contribution is 5.87. The molecule has 1 heterocycles. The van der Waals surface area contributed by atoms with Crippen LogP contribution >= 0.6 is 0 Å². The summed E-state index contributed by atoms with van der Waals surface area (Å²) in [5, 5.41) is 0. The molecule has 1 aliphatic heterocycles. The van der Waals surface area contributed by atoms with Gasteiger partial charge in [0.1, 0.15) is 5.60 Å². The van der Waals surface area contributed by atoms with Crippen LogP contribution in [-0.4, -0.2) is 18.4 Å². The van der Waals surface area contributed by atoms with Crippen LogP contribution in [0.3, 0.4) is 0 Å². The van der Waals surface area contributed by atoms with Gasteiger partial charge in [-0.2, -0.15) is 0 Å². The summed E-state index contributed by atoms with van der Waals surface area (Å²) in [6.07, 6.45) is 3.10. The van der Waals surface area contributed by atoms with Gasteiger partial charge in [0, 0.05) is 6.08 Å². The molecule has 0 bridgehead atoms. The topological polar surface area (TPSA) is 44.8 Å². The van der Waals surface area contributed by atoms with Crippen LogP contribution in [0, 0.1) is 0 Å². The Kier molecular flexibility index (Phi) is 3.28. The molecule has 2 rings (SSSR count). The van der Waals surface area contributed by atoms with Gasteiger partial charge in [-0.15, -0.1) is 0 Å². The average molecular weight is 248 g/mol. The number of hydrogen-bond donors (Lipinski definition) is 0. The van der Waals surface area contributed by atoms with E-state index < -0.39 is 5.60 Å². The Balaban J connectivity index is 2.03. The van der Waals surface area contributed by atoms with E-state index in [1.807, 2.05) is 39.0 Å². The Hall–Kier alpha value is -1.97. The molecule has 1 aromatic carbocycles. The maximum absolute atomic E-state index is 11.5. The molecular formula is C14H16O4. The Morgan fingerprint density at radius 1 is 1.28 bits per heavy atom. The molecule has 96 valence electrons. The largest absolute Gasteiger partial charge is 0.457 e. The smallest absolute Gasteiger partial charge is 0.331 e. The Morgan fingerprint density at radius 2 is 2.00 bits per heavy atom. The van der Waals surface area contributed by atoms with Crippen LogP contribution in [0.4, 0.5) is 0 Å². The van der Waals surface area contributed by atoms with Gasteiger partial charge in [-0.3, -0.25) is 0 Å². The van der Waals surface area contributed by atoms with Crippen LogP contribution in [0.25, 0.3) is 6.08 Å². The second kappa shape index (κ2) is 4.72. The predicted molar refractivity (Wildman–Crippen MR) is 67.4 cm³/mol. The highest BCUT2D eigenvalue weighted by Crippen LogP contribution is 2.32. The van der Waals surface area contributed by atoms with E-state index in [9.17, 15) is 4.79 Å². The van der Waals surface area contributed by atoms with Crippen LogP contribution in [0.5, 0.6) is 11.5 Å². The molecule has 0 aliphatic carbocycles. The molecule has 0 saturated carbocycles. The fourth-order valence-electron chi connectivity index (χ4n) is 1.52. The first-order valence-corrected chi connectivity index (χ1v) is 5.75. The van der Waals surface area contributed by atoms with Crippen LogP contribution < -0.4 is 9.47 Å². The number of carbonyl (C=O) groups is 1. The lowest BCUT2D eigenvalue weighted by atomic mass is 10.2. The predicted octanol–water partition coefficient (Wildman–Crippen LogP) is 2.77. The summed E-state index contributed by atoms with van der Waals surface area (Å²) in [7, 11) is 0. The number of carbonyl (C=O) groups excluding carboxylic acids is 1. The Bertz CT molecular complexity index is 483. The Labute approximate surface area is 106 Å². The van der Waals surface area contributed by atoms with Crippen LogP contribution in [-0.2, 0) is 9.53 Å². The summed E-state index contributed by atoms with van der Waals surface area (Å²) < 4.78 is 15.6. The molecular weight excluding hydrogens is 232 g/mol. The van der Waals surface area contributed by atoms with Crippen molar-refractivity contribution < 1.29 is 19.0 Å². The molecule has 0 unspecified atom stereocenters. The maximum Gasteiger partial charge on any atom is 0.331 e. The standard InChI is InChI=1S/C14H16O4/c1-14(2,3)18-13(15)7-5-10-4-6-11-12(8-10)17-9-16-11/h4-8H,9H2,1-3H3. The molecule has 0 atom stereocenters. The number of ether oxygens (including phenoxy) is 3. The molecule has 0 aromatic heterocycles. The van der Waals surface area contributed by atoms with E-state index in [4.69, 9.17) is 14.2 Å². The first kappa shape index (κ1) is 12.5. The molecule has 0 fully saturated rings. The summed E-state index contributed by atoms with van der Waals surface area (Å²) in [4.78, 5) is 11.5. The summed E-state index contributed by atoms with van der Waals surface area (Å²) >= 11 is 0. The SMILES string of the molecule is CC(C)(C)OC(=O)C=Cc1ccc2c(c1)OCO2. The second-order valence-electron chi connectivity index (χ2n) is 4.98. The molecule has 0 spiro atoms. The van der Waals surface area contributed by atoms with Crippen molar-refractivity contribution in [1.82, 2.24) is 0 Å². The summed E-state index contributed by atoms with van der Waals surface area (Å²) in [6.45, 7) is 5.74. The first-order valence-electron chi connectivity index (χ1n) is 5.75. The lowest BCUT2D eigenvalue weighted by Crippen LogP contribution is -2.22. The summed E-state index contributed by atoms with van der Waals surface area (Å²) in [5.41, 5.74) is 0.390. The van der Waals surface area contributed by atoms with E-state index in [1.54, 1.807) is 6.08 Å². The van der Waals surface area contributed by atoms with Gasteiger partial charge < -0.3 is 14.2 Å². The van der Waals surface area contributed by atoms with Crippen molar-refractivity contribution >= 4 is 12.0 Å². The van der Waals surface area contributed by atoms with Gasteiger partial charge in [0.25, 0.3) is 0 Å². The molecule has 4 heteroatoms. The third-order valence-corrected chi connectivity index (χ3v) is 2.22. The zero-order valence-electron chi connectivity index (χ0n) is 10.7. The minimum atomic E-state index is -0.476. The van der Waals surface area contributed by atoms with E-state index in [-0.39, 0.29) is 12.8 Å². The van der Waals surface area contributed by atoms with Crippen molar-refractivity contribution in [1.29, 1.82) is 0 Å². The lowest BCUT2D eigenvalue weighted by molar-refractivity contribution is -0.148. The van der Waals surface area contributed by atoms with Crippen LogP contribution in [0.2, 0.25) is 0 Å². The monoisotopic (exact) mass is 248 g/mol. The van der Waals surface area contributed by atoms with E-state index in [0.717, 1.165) is 11.3 Å². The number of hydrogen-bond acceptors (Lipinski definition) is 4. The van der Waals surface area contributed by atoms with Crippen LogP contribution in [0.1, 0.15) is 26.3 Å². The zero-order chi connectivity index (χ0) is 13.2. The number of esters is 1. The number of fused-ring (bicyclic) bond motifs is 1. The van der Waals surface area contributed by atoms with Gasteiger partial charge in [-0.25, -0.2) is 4.79 Å². The van der Waals surface area contributed by atoms with Gasteiger partial charge >= 0.3 is 5.97 Å². The lowest BCUT2D eigenvalue weighted by Gasteiger charge is -2.17. The maximum atomic E-state index is 11.5. The molecule has 0 amide bonds. The minimum absolute atomic E-state index is 0.245. The second-order valence-corrected chi connectivity index (χ2v) is 4.98. The average Bonchev–Trinajstić information content (AvgIpc) is 2.71. The van der Waals surface area contributed by atoms with E-state index in [2.05, 4.69) is 0 Å². The van der Waals surface area contributed by atoms with Gasteiger partial charge in [-0.05, 0) is 44.5 Å². The molecule has 1 aliphatic rings. The summed E-state index contributed by atoms with van der Waals surface area (Å²) in [5.74, 6) is 1.06. The Morgan fingerprint density at radius 3 is 2.72 bits per heavy atom. The van der Waals surface area contributed by atoms with E-state index in [0.29, 0.717) is 5.75 Å². The van der Waals surface area contributed by atoms with Gasteiger partial charge in [0.2, 0.25) is 6.79 Å². The van der Waals surface area contributed by atoms with Crippen molar-refractivity contribution in [2.75, 3.05) is 6.79 Å². The van der Waals surface area contributed by atoms with Crippen molar-refractivity contribution in [3.63, 3.8) is 0 Å². The molecule has 0 radical (unpaired) electrons. The number of benzene rings is 1. The fourth-order valence-corrected chi connectivity index (χ4v) is 1.52. The summed E-state index contributed by atoms with van der Waals surface area (Å²) in [6, 6.07) is 5.49. The molecule has 0 saturated heterocycles. The highest BCUT2D eigenvalue weighted by atomic mass is 16.7. The van der Waals surface area contributed by atoms with Gasteiger partial charge in [-0.1, -0.05) is 6.07 Å². The molecule has 1 aromatic rings. The molecule has 18 heavy (non-hydrogen) atoms. The van der Waals surface area contributed by atoms with Crippen molar-refractivity contribution in [3.8, 4) is 11.5 Å². The highest BCUT2D eigenvalue weighted by Gasteiger charge is 2.14. The zero-order valence-corrected chi connectivity index (χ0v) is 10.7. The normalized spacial score (nSPS) is 13.9. The van der Waals surface area contributed by atoms with Gasteiger partial charge in [0.15, 0.2) is 11.5 Å². The van der Waals surface area contributed by atoms with E-state index >= 15 is 0 Å². The number of rotatable bonds is 2. The third-order valence-electron chi connectivity index (χ3n) is 2.22. The van der Waals surface area contributed by atoms with E-state index in [1.165, 1.54) is 6.08 Å². The van der Waals surface area contributed by atoms with Crippen molar-refractivity contribution in [2.45, 2.75) is 26.4 Å². The first-order chi connectivity index (χ1) is 8.44.